The number of ether oxygens (including phenoxy) is 1. The predicted octanol–water partition coefficient (Wildman–Crippen LogP) is 3.00. The van der Waals surface area contributed by atoms with Crippen LogP contribution in [0.1, 0.15) is 36.0 Å². The molecule has 1 aliphatic carbocycles. The lowest BCUT2D eigenvalue weighted by Crippen LogP contribution is -2.56. The molecule has 0 radical (unpaired) electrons. The summed E-state index contributed by atoms with van der Waals surface area (Å²) < 4.78 is 5.80. The fourth-order valence-corrected chi connectivity index (χ4v) is 3.19. The zero-order valence-corrected chi connectivity index (χ0v) is 12.0. The first-order valence-corrected chi connectivity index (χ1v) is 6.89. The van der Waals surface area contributed by atoms with Gasteiger partial charge in [-0.05, 0) is 52.1 Å². The van der Waals surface area contributed by atoms with Crippen molar-refractivity contribution in [2.75, 3.05) is 14.2 Å². The molecule has 1 fully saturated rings. The van der Waals surface area contributed by atoms with Crippen LogP contribution < -0.4 is 5.32 Å². The van der Waals surface area contributed by atoms with Gasteiger partial charge >= 0.3 is 0 Å². The first-order valence-electron chi connectivity index (χ1n) is 6.89. The summed E-state index contributed by atoms with van der Waals surface area (Å²) in [7, 11) is 3.90. The molecule has 1 atom stereocenters. The smallest absolute Gasteiger partial charge is 0.0834 e. The molecule has 0 bridgehead atoms. The molecule has 0 aromatic heterocycles. The van der Waals surface area contributed by atoms with Gasteiger partial charge in [-0.1, -0.05) is 29.3 Å². The molecule has 2 nitrogen and oxygen atoms in total. The van der Waals surface area contributed by atoms with E-state index >= 15 is 0 Å². The van der Waals surface area contributed by atoms with Gasteiger partial charge < -0.3 is 10.1 Å². The Hall–Kier alpha value is -0.860. The molecule has 18 heavy (non-hydrogen) atoms. The summed E-state index contributed by atoms with van der Waals surface area (Å²) in [5, 5.41) is 3.46. The van der Waals surface area contributed by atoms with E-state index in [1.165, 1.54) is 36.0 Å². The van der Waals surface area contributed by atoms with Gasteiger partial charge in [0.2, 0.25) is 0 Å². The summed E-state index contributed by atoms with van der Waals surface area (Å²) in [6.45, 7) is 4.33. The molecule has 1 unspecified atom stereocenters. The number of hydrogen-bond acceptors (Lipinski definition) is 2. The highest BCUT2D eigenvalue weighted by Crippen LogP contribution is 2.39. The Morgan fingerprint density at radius 2 is 1.83 bits per heavy atom. The van der Waals surface area contributed by atoms with E-state index in [1.54, 1.807) is 0 Å². The van der Waals surface area contributed by atoms with Crippen LogP contribution in [0, 0.1) is 13.8 Å². The third-order valence-electron chi connectivity index (χ3n) is 4.31. The first kappa shape index (κ1) is 13.6. The number of likely N-dealkylation sites (N-methyl/N-ethyl adjacent to an activating group) is 1. The Morgan fingerprint density at radius 1 is 1.22 bits per heavy atom. The number of nitrogens with one attached hydrogen (secondary N) is 1. The molecular formula is C16H25NO. The summed E-state index contributed by atoms with van der Waals surface area (Å²) >= 11 is 0. The maximum absolute atomic E-state index is 5.80. The van der Waals surface area contributed by atoms with Gasteiger partial charge in [-0.15, -0.1) is 0 Å². The highest BCUT2D eigenvalue weighted by molar-refractivity contribution is 5.29. The van der Waals surface area contributed by atoms with E-state index in [1.807, 2.05) is 14.2 Å². The van der Waals surface area contributed by atoms with E-state index in [-0.39, 0.29) is 5.60 Å². The predicted molar refractivity (Wildman–Crippen MR) is 76.1 cm³/mol. The lowest BCUT2D eigenvalue weighted by molar-refractivity contribution is -0.0966. The summed E-state index contributed by atoms with van der Waals surface area (Å²) in [4.78, 5) is 0. The van der Waals surface area contributed by atoms with Gasteiger partial charge in [0.05, 0.1) is 5.60 Å². The monoisotopic (exact) mass is 247 g/mol. The average Bonchev–Trinajstić information content (AvgIpc) is 2.25. The van der Waals surface area contributed by atoms with Crippen molar-refractivity contribution in [3.63, 3.8) is 0 Å². The topological polar surface area (TPSA) is 21.3 Å². The number of benzene rings is 1. The summed E-state index contributed by atoms with van der Waals surface area (Å²) in [6.07, 6.45) is 4.70. The Labute approximate surface area is 111 Å². The molecule has 0 aliphatic heterocycles. The largest absolute Gasteiger partial charge is 0.377 e. The van der Waals surface area contributed by atoms with Crippen LogP contribution in [0.15, 0.2) is 18.2 Å². The lowest BCUT2D eigenvalue weighted by Gasteiger charge is -2.46. The minimum Gasteiger partial charge on any atom is -0.377 e. The van der Waals surface area contributed by atoms with Crippen molar-refractivity contribution in [1.29, 1.82) is 0 Å². The fourth-order valence-electron chi connectivity index (χ4n) is 3.19. The second-order valence-electron chi connectivity index (χ2n) is 5.66. The normalized spacial score (nSPS) is 19.3. The van der Waals surface area contributed by atoms with Crippen LogP contribution in [-0.2, 0) is 11.2 Å². The third kappa shape index (κ3) is 2.60. The van der Waals surface area contributed by atoms with E-state index in [9.17, 15) is 0 Å². The maximum Gasteiger partial charge on any atom is 0.0834 e. The van der Waals surface area contributed by atoms with Crippen LogP contribution in [0.4, 0.5) is 0 Å². The van der Waals surface area contributed by atoms with Crippen molar-refractivity contribution in [2.24, 2.45) is 0 Å². The Bertz CT molecular complexity index is 384. The zero-order valence-electron chi connectivity index (χ0n) is 12.0. The van der Waals surface area contributed by atoms with E-state index in [0.717, 1.165) is 6.42 Å². The molecule has 0 saturated heterocycles. The number of aryl methyl sites for hydroxylation is 2. The Kier molecular flexibility index (Phi) is 4.08. The summed E-state index contributed by atoms with van der Waals surface area (Å²) in [5.41, 5.74) is 4.17. The van der Waals surface area contributed by atoms with E-state index < -0.39 is 0 Å². The lowest BCUT2D eigenvalue weighted by atomic mass is 9.72. The fraction of sp³-hybridized carbons (Fsp3) is 0.625. The Morgan fingerprint density at radius 3 is 2.22 bits per heavy atom. The van der Waals surface area contributed by atoms with Gasteiger partial charge in [0.25, 0.3) is 0 Å². The number of methoxy groups -OCH3 is 1. The van der Waals surface area contributed by atoms with Crippen molar-refractivity contribution >= 4 is 0 Å². The third-order valence-corrected chi connectivity index (χ3v) is 4.31. The molecule has 1 saturated carbocycles. The highest BCUT2D eigenvalue weighted by Gasteiger charge is 2.43. The van der Waals surface area contributed by atoms with Crippen LogP contribution in [0.5, 0.6) is 0 Å². The molecule has 100 valence electrons. The first-order chi connectivity index (χ1) is 8.59. The molecule has 2 heteroatoms. The van der Waals surface area contributed by atoms with E-state index in [0.29, 0.717) is 6.04 Å². The van der Waals surface area contributed by atoms with Crippen molar-refractivity contribution in [3.8, 4) is 0 Å². The molecule has 1 aliphatic rings. The molecule has 0 amide bonds. The van der Waals surface area contributed by atoms with Gasteiger partial charge in [-0.3, -0.25) is 0 Å². The van der Waals surface area contributed by atoms with Crippen LogP contribution in [0.2, 0.25) is 0 Å². The molecule has 0 heterocycles. The number of rotatable bonds is 5. The van der Waals surface area contributed by atoms with Gasteiger partial charge in [0.1, 0.15) is 0 Å². The van der Waals surface area contributed by atoms with Gasteiger partial charge in [-0.25, -0.2) is 0 Å². The quantitative estimate of drug-likeness (QED) is 0.863. The second kappa shape index (κ2) is 5.41. The standard InChI is InChI=1S/C16H25NO/c1-12-8-13(2)10-14(9-12)11-15(17-3)16(18-4)6-5-7-16/h8-10,15,17H,5-7,11H2,1-4H3. The van der Waals surface area contributed by atoms with Gasteiger partial charge in [-0.2, -0.15) is 0 Å². The van der Waals surface area contributed by atoms with E-state index in [4.69, 9.17) is 4.74 Å². The molecule has 1 N–H and O–H groups in total. The minimum atomic E-state index is 0.0619. The highest BCUT2D eigenvalue weighted by atomic mass is 16.5. The molecule has 2 rings (SSSR count). The average molecular weight is 247 g/mol. The van der Waals surface area contributed by atoms with Crippen LogP contribution in [-0.4, -0.2) is 25.8 Å². The molecular weight excluding hydrogens is 222 g/mol. The SMILES string of the molecule is CNC(Cc1cc(C)cc(C)c1)C1(OC)CCC1. The zero-order chi connectivity index (χ0) is 13.2. The van der Waals surface area contributed by atoms with Crippen molar-refractivity contribution < 1.29 is 4.74 Å². The molecule has 1 aromatic rings. The summed E-state index contributed by atoms with van der Waals surface area (Å²) in [5.74, 6) is 0. The van der Waals surface area contributed by atoms with Crippen LogP contribution in [0.3, 0.4) is 0 Å². The van der Waals surface area contributed by atoms with Crippen molar-refractivity contribution in [3.05, 3.63) is 34.9 Å². The Balaban J connectivity index is 2.15. The van der Waals surface area contributed by atoms with Crippen molar-refractivity contribution in [2.45, 2.75) is 51.2 Å². The maximum atomic E-state index is 5.80. The van der Waals surface area contributed by atoms with Crippen LogP contribution in [0.25, 0.3) is 0 Å². The molecule has 1 aromatic carbocycles. The molecule has 0 spiro atoms. The number of hydrogen-bond donors (Lipinski definition) is 1. The van der Waals surface area contributed by atoms with Crippen molar-refractivity contribution in [1.82, 2.24) is 5.32 Å². The summed E-state index contributed by atoms with van der Waals surface area (Å²) in [6, 6.07) is 7.23. The van der Waals surface area contributed by atoms with E-state index in [2.05, 4.69) is 37.4 Å². The van der Waals surface area contributed by atoms with Gasteiger partial charge in [0.15, 0.2) is 0 Å². The minimum absolute atomic E-state index is 0.0619. The van der Waals surface area contributed by atoms with Gasteiger partial charge in [0, 0.05) is 13.2 Å². The second-order valence-corrected chi connectivity index (χ2v) is 5.66. The van der Waals surface area contributed by atoms with Crippen LogP contribution >= 0.6 is 0 Å².